The Bertz CT molecular complexity index is 862. The molecule has 0 aliphatic carbocycles. The van der Waals surface area contributed by atoms with Gasteiger partial charge in [-0.1, -0.05) is 23.9 Å². The summed E-state index contributed by atoms with van der Waals surface area (Å²) in [6.07, 6.45) is 1.46. The minimum absolute atomic E-state index is 0.157. The number of benzene rings is 1. The highest BCUT2D eigenvalue weighted by Crippen LogP contribution is 2.19. The number of aryl methyl sites for hydroxylation is 2. The quantitative estimate of drug-likeness (QED) is 0.434. The number of aromatic amines is 1. The highest BCUT2D eigenvalue weighted by atomic mass is 32.2. The van der Waals surface area contributed by atoms with Crippen LogP contribution in [0.15, 0.2) is 41.8 Å². The van der Waals surface area contributed by atoms with Crippen LogP contribution in [0.1, 0.15) is 21.7 Å². The van der Waals surface area contributed by atoms with E-state index >= 15 is 0 Å². The van der Waals surface area contributed by atoms with Gasteiger partial charge in [-0.25, -0.2) is 15.0 Å². The summed E-state index contributed by atoms with van der Waals surface area (Å²) in [6, 6.07) is 9.19. The van der Waals surface area contributed by atoms with Crippen LogP contribution >= 0.6 is 11.8 Å². The molecule has 0 unspecified atom stereocenters. The smallest absolute Gasteiger partial charge is 0.253 e. The zero-order valence-corrected chi connectivity index (χ0v) is 15.3. The molecule has 9 heteroatoms. The Labute approximate surface area is 155 Å². The Balaban J connectivity index is 1.63. The van der Waals surface area contributed by atoms with E-state index < -0.39 is 0 Å². The average Bonchev–Trinajstić information content (AvgIpc) is 3.11. The first-order chi connectivity index (χ1) is 12.6. The van der Waals surface area contributed by atoms with Gasteiger partial charge in [0, 0.05) is 23.7 Å². The molecule has 1 amide bonds. The van der Waals surface area contributed by atoms with Crippen LogP contribution in [0.4, 0.5) is 11.6 Å². The second-order valence-corrected chi connectivity index (χ2v) is 6.62. The molecular formula is C17H19N7OS. The number of carbonyl (C=O) groups excluding carboxylic acids is 1. The number of aromatic nitrogens is 5. The van der Waals surface area contributed by atoms with Crippen molar-refractivity contribution < 1.29 is 4.79 Å². The molecule has 0 radical (unpaired) electrons. The lowest BCUT2D eigenvalue weighted by Crippen LogP contribution is -2.26. The summed E-state index contributed by atoms with van der Waals surface area (Å²) in [5.41, 5.74) is 2.94. The maximum Gasteiger partial charge on any atom is 0.253 e. The van der Waals surface area contributed by atoms with E-state index in [4.69, 9.17) is 0 Å². The number of nitrogens with one attached hydrogen (secondary N) is 3. The molecule has 0 fully saturated rings. The number of thioether (sulfide) groups is 1. The Hall–Kier alpha value is -2.94. The standard InChI is InChI=1S/C17H19N7OS/c1-11-9-12(2)22-16(21-11)23-14-6-4-3-5-13(14)15(25)18-7-8-26-17-19-10-20-24-17/h3-6,9-10H,7-8H2,1-2H3,(H,18,25)(H,19,20,24)(H,21,22,23). The van der Waals surface area contributed by atoms with Crippen molar-refractivity contribution in [1.29, 1.82) is 0 Å². The SMILES string of the molecule is Cc1cc(C)nc(Nc2ccccc2C(=O)NCCSc2ncn[nH]2)n1. The van der Waals surface area contributed by atoms with Crippen molar-refractivity contribution in [1.82, 2.24) is 30.5 Å². The summed E-state index contributed by atoms with van der Waals surface area (Å²) >= 11 is 1.49. The molecule has 3 N–H and O–H groups in total. The fourth-order valence-corrected chi connectivity index (χ4v) is 3.00. The van der Waals surface area contributed by atoms with Crippen molar-refractivity contribution in [2.24, 2.45) is 0 Å². The summed E-state index contributed by atoms with van der Waals surface area (Å²) in [4.78, 5) is 25.3. The van der Waals surface area contributed by atoms with Crippen molar-refractivity contribution in [2.75, 3.05) is 17.6 Å². The minimum atomic E-state index is -0.157. The molecule has 0 aliphatic rings. The van der Waals surface area contributed by atoms with Crippen molar-refractivity contribution in [3.8, 4) is 0 Å². The van der Waals surface area contributed by atoms with Crippen molar-refractivity contribution in [3.05, 3.63) is 53.6 Å². The van der Waals surface area contributed by atoms with E-state index in [0.717, 1.165) is 16.5 Å². The van der Waals surface area contributed by atoms with E-state index in [-0.39, 0.29) is 5.91 Å². The molecule has 0 spiro atoms. The van der Waals surface area contributed by atoms with Crippen LogP contribution in [-0.4, -0.2) is 43.4 Å². The number of carbonyl (C=O) groups is 1. The lowest BCUT2D eigenvalue weighted by atomic mass is 10.1. The van der Waals surface area contributed by atoms with Gasteiger partial charge in [0.25, 0.3) is 5.91 Å². The monoisotopic (exact) mass is 369 g/mol. The summed E-state index contributed by atoms with van der Waals surface area (Å²) in [5, 5.41) is 13.3. The number of hydrogen-bond donors (Lipinski definition) is 3. The molecule has 8 nitrogen and oxygen atoms in total. The maximum atomic E-state index is 12.5. The highest BCUT2D eigenvalue weighted by molar-refractivity contribution is 7.99. The van der Waals surface area contributed by atoms with Crippen LogP contribution in [0.5, 0.6) is 0 Å². The second kappa shape index (κ2) is 8.43. The molecule has 1 aromatic carbocycles. The predicted octanol–water partition coefficient (Wildman–Crippen LogP) is 2.48. The second-order valence-electron chi connectivity index (χ2n) is 5.54. The van der Waals surface area contributed by atoms with E-state index in [9.17, 15) is 4.79 Å². The Morgan fingerprint density at radius 1 is 1.19 bits per heavy atom. The third-order valence-corrected chi connectivity index (χ3v) is 4.30. The summed E-state index contributed by atoms with van der Waals surface area (Å²) in [5.74, 6) is 1.01. The lowest BCUT2D eigenvalue weighted by Gasteiger charge is -2.12. The molecule has 3 rings (SSSR count). The number of anilines is 2. The van der Waals surface area contributed by atoms with Crippen molar-refractivity contribution in [3.63, 3.8) is 0 Å². The summed E-state index contributed by atoms with van der Waals surface area (Å²) in [6.45, 7) is 4.33. The van der Waals surface area contributed by atoms with Crippen LogP contribution < -0.4 is 10.6 Å². The van der Waals surface area contributed by atoms with E-state index in [1.807, 2.05) is 38.1 Å². The van der Waals surface area contributed by atoms with E-state index in [0.29, 0.717) is 29.5 Å². The molecule has 134 valence electrons. The zero-order chi connectivity index (χ0) is 18.4. The van der Waals surface area contributed by atoms with E-state index in [1.54, 1.807) is 6.07 Å². The molecule has 0 bridgehead atoms. The Kier molecular flexibility index (Phi) is 5.80. The van der Waals surface area contributed by atoms with Gasteiger partial charge in [0.2, 0.25) is 5.95 Å². The van der Waals surface area contributed by atoms with Gasteiger partial charge in [-0.15, -0.1) is 0 Å². The molecule has 2 aromatic heterocycles. The summed E-state index contributed by atoms with van der Waals surface area (Å²) < 4.78 is 0. The van der Waals surface area contributed by atoms with Gasteiger partial charge in [0.05, 0.1) is 11.3 Å². The molecule has 3 aromatic rings. The Morgan fingerprint density at radius 3 is 2.69 bits per heavy atom. The predicted molar refractivity (Wildman–Crippen MR) is 101 cm³/mol. The van der Waals surface area contributed by atoms with Crippen molar-refractivity contribution >= 4 is 29.3 Å². The molecule has 0 atom stereocenters. The van der Waals surface area contributed by atoms with Gasteiger partial charge in [0.1, 0.15) is 6.33 Å². The first-order valence-corrected chi connectivity index (χ1v) is 9.05. The van der Waals surface area contributed by atoms with Crippen LogP contribution in [0.2, 0.25) is 0 Å². The molecule has 0 aliphatic heterocycles. The van der Waals surface area contributed by atoms with Gasteiger partial charge < -0.3 is 10.6 Å². The van der Waals surface area contributed by atoms with Crippen LogP contribution in [0, 0.1) is 13.8 Å². The number of nitrogens with zero attached hydrogens (tertiary/aromatic N) is 4. The first kappa shape index (κ1) is 17.9. The van der Waals surface area contributed by atoms with Gasteiger partial charge in [0.15, 0.2) is 5.16 Å². The summed E-state index contributed by atoms with van der Waals surface area (Å²) in [7, 11) is 0. The van der Waals surface area contributed by atoms with Gasteiger partial charge in [-0.05, 0) is 32.0 Å². The number of para-hydroxylation sites is 1. The highest BCUT2D eigenvalue weighted by Gasteiger charge is 2.12. The number of amides is 1. The van der Waals surface area contributed by atoms with Crippen LogP contribution in [0.3, 0.4) is 0 Å². The number of hydrogen-bond acceptors (Lipinski definition) is 7. The van der Waals surface area contributed by atoms with Gasteiger partial charge in [-0.2, -0.15) is 5.10 Å². The molecule has 0 saturated heterocycles. The van der Waals surface area contributed by atoms with Gasteiger partial charge in [-0.3, -0.25) is 9.89 Å². The fourth-order valence-electron chi connectivity index (χ4n) is 2.36. The van der Waals surface area contributed by atoms with Crippen molar-refractivity contribution in [2.45, 2.75) is 19.0 Å². The molecular weight excluding hydrogens is 350 g/mol. The van der Waals surface area contributed by atoms with E-state index in [1.165, 1.54) is 18.1 Å². The van der Waals surface area contributed by atoms with Crippen LogP contribution in [0.25, 0.3) is 0 Å². The normalized spacial score (nSPS) is 10.5. The number of rotatable bonds is 7. The van der Waals surface area contributed by atoms with E-state index in [2.05, 4.69) is 35.8 Å². The Morgan fingerprint density at radius 2 is 1.96 bits per heavy atom. The average molecular weight is 369 g/mol. The fraction of sp³-hybridized carbons (Fsp3) is 0.235. The number of H-pyrrole nitrogens is 1. The lowest BCUT2D eigenvalue weighted by molar-refractivity contribution is 0.0957. The first-order valence-electron chi connectivity index (χ1n) is 8.06. The molecule has 26 heavy (non-hydrogen) atoms. The zero-order valence-electron chi connectivity index (χ0n) is 14.5. The molecule has 2 heterocycles. The molecule has 0 saturated carbocycles. The van der Waals surface area contributed by atoms with Gasteiger partial charge >= 0.3 is 0 Å². The topological polar surface area (TPSA) is 108 Å². The minimum Gasteiger partial charge on any atom is -0.351 e. The third kappa shape index (κ3) is 4.79. The van der Waals surface area contributed by atoms with Crippen LogP contribution in [-0.2, 0) is 0 Å². The largest absolute Gasteiger partial charge is 0.351 e. The maximum absolute atomic E-state index is 12.5. The third-order valence-electron chi connectivity index (χ3n) is 3.42.